The second-order valence-corrected chi connectivity index (χ2v) is 3.21. The standard InChI is InChI=1S/C9H17N3O4/c1-3-16-8(14)6-12(2)5-4-7(13)11-9(10)15/h3-6H2,1-2H3,(H3,10,11,13,15). The highest BCUT2D eigenvalue weighted by atomic mass is 16.5. The Balaban J connectivity index is 3.72. The molecule has 7 heteroatoms. The molecule has 0 heterocycles. The topological polar surface area (TPSA) is 102 Å². The van der Waals surface area contributed by atoms with E-state index in [2.05, 4.69) is 0 Å². The van der Waals surface area contributed by atoms with Gasteiger partial charge in [0, 0.05) is 13.0 Å². The molecule has 7 nitrogen and oxygen atoms in total. The van der Waals surface area contributed by atoms with E-state index in [4.69, 9.17) is 10.5 Å². The van der Waals surface area contributed by atoms with Crippen molar-refractivity contribution in [2.75, 3.05) is 26.7 Å². The van der Waals surface area contributed by atoms with E-state index in [1.807, 2.05) is 5.32 Å². The number of ether oxygens (including phenoxy) is 1. The van der Waals surface area contributed by atoms with Crippen LogP contribution < -0.4 is 11.1 Å². The number of imide groups is 1. The number of amides is 3. The van der Waals surface area contributed by atoms with Crippen molar-refractivity contribution in [2.45, 2.75) is 13.3 Å². The minimum absolute atomic E-state index is 0.0961. The number of carbonyl (C=O) groups is 3. The molecule has 0 unspecified atom stereocenters. The molecule has 0 fully saturated rings. The van der Waals surface area contributed by atoms with Gasteiger partial charge in [-0.15, -0.1) is 0 Å². The quantitative estimate of drug-likeness (QED) is 0.575. The highest BCUT2D eigenvalue weighted by Gasteiger charge is 2.09. The molecule has 0 aromatic heterocycles. The molecule has 3 N–H and O–H groups in total. The Hall–Kier alpha value is -1.63. The van der Waals surface area contributed by atoms with Gasteiger partial charge in [-0.1, -0.05) is 0 Å². The van der Waals surface area contributed by atoms with Crippen LogP contribution in [0.25, 0.3) is 0 Å². The summed E-state index contributed by atoms with van der Waals surface area (Å²) in [6.07, 6.45) is 0.0961. The molecule has 0 radical (unpaired) electrons. The zero-order chi connectivity index (χ0) is 12.6. The van der Waals surface area contributed by atoms with Crippen LogP contribution in [0.4, 0.5) is 4.79 Å². The monoisotopic (exact) mass is 231 g/mol. The van der Waals surface area contributed by atoms with E-state index in [0.29, 0.717) is 13.2 Å². The fourth-order valence-corrected chi connectivity index (χ4v) is 0.998. The molecule has 0 atom stereocenters. The summed E-state index contributed by atoms with van der Waals surface area (Å²) >= 11 is 0. The Bertz CT molecular complexity index is 267. The Labute approximate surface area is 93.9 Å². The molecule has 0 aromatic carbocycles. The van der Waals surface area contributed by atoms with E-state index in [9.17, 15) is 14.4 Å². The third-order valence-electron chi connectivity index (χ3n) is 1.69. The van der Waals surface area contributed by atoms with E-state index < -0.39 is 11.9 Å². The molecule has 92 valence electrons. The number of rotatable bonds is 6. The first-order valence-corrected chi connectivity index (χ1v) is 4.89. The summed E-state index contributed by atoms with van der Waals surface area (Å²) in [6.45, 7) is 2.50. The van der Waals surface area contributed by atoms with E-state index in [-0.39, 0.29) is 18.9 Å². The van der Waals surface area contributed by atoms with Crippen molar-refractivity contribution < 1.29 is 19.1 Å². The smallest absolute Gasteiger partial charge is 0.320 e. The van der Waals surface area contributed by atoms with Crippen LogP contribution in [0.5, 0.6) is 0 Å². The van der Waals surface area contributed by atoms with E-state index in [0.717, 1.165) is 0 Å². The summed E-state index contributed by atoms with van der Waals surface area (Å²) in [5, 5.41) is 1.93. The van der Waals surface area contributed by atoms with E-state index in [1.165, 1.54) is 0 Å². The summed E-state index contributed by atoms with van der Waals surface area (Å²) in [5.74, 6) is -0.816. The normalized spacial score (nSPS) is 9.94. The molecule has 0 rings (SSSR count). The third-order valence-corrected chi connectivity index (χ3v) is 1.69. The van der Waals surface area contributed by atoms with Gasteiger partial charge in [-0.05, 0) is 14.0 Å². The number of nitrogens with one attached hydrogen (secondary N) is 1. The molecule has 3 amide bonds. The lowest BCUT2D eigenvalue weighted by atomic mass is 10.3. The fourth-order valence-electron chi connectivity index (χ4n) is 0.998. The maximum Gasteiger partial charge on any atom is 0.320 e. The van der Waals surface area contributed by atoms with Crippen LogP contribution in [-0.4, -0.2) is 49.6 Å². The second-order valence-electron chi connectivity index (χ2n) is 3.21. The number of urea groups is 1. The van der Waals surface area contributed by atoms with Crippen molar-refractivity contribution in [2.24, 2.45) is 5.73 Å². The molecule has 0 aliphatic rings. The molecular weight excluding hydrogens is 214 g/mol. The van der Waals surface area contributed by atoms with Crippen molar-refractivity contribution >= 4 is 17.9 Å². The van der Waals surface area contributed by atoms with Gasteiger partial charge in [-0.3, -0.25) is 19.8 Å². The predicted molar refractivity (Wildman–Crippen MR) is 56.5 cm³/mol. The van der Waals surface area contributed by atoms with Gasteiger partial charge >= 0.3 is 12.0 Å². The van der Waals surface area contributed by atoms with Gasteiger partial charge in [0.15, 0.2) is 0 Å². The SMILES string of the molecule is CCOC(=O)CN(C)CCC(=O)NC(N)=O. The van der Waals surface area contributed by atoms with Crippen molar-refractivity contribution in [3.63, 3.8) is 0 Å². The second kappa shape index (κ2) is 7.63. The van der Waals surface area contributed by atoms with Crippen molar-refractivity contribution in [1.29, 1.82) is 0 Å². The molecular formula is C9H17N3O4. The first-order valence-electron chi connectivity index (χ1n) is 4.89. The molecule has 16 heavy (non-hydrogen) atoms. The predicted octanol–water partition coefficient (Wildman–Crippen LogP) is -0.934. The Morgan fingerprint density at radius 2 is 2.00 bits per heavy atom. The van der Waals surface area contributed by atoms with Crippen LogP contribution in [0.1, 0.15) is 13.3 Å². The highest BCUT2D eigenvalue weighted by Crippen LogP contribution is 1.89. The summed E-state index contributed by atoms with van der Waals surface area (Å²) in [5.41, 5.74) is 4.76. The molecule has 0 aliphatic heterocycles. The van der Waals surface area contributed by atoms with Crippen LogP contribution >= 0.6 is 0 Å². The maximum absolute atomic E-state index is 11.0. The average molecular weight is 231 g/mol. The van der Waals surface area contributed by atoms with Crippen LogP contribution in [0.2, 0.25) is 0 Å². The Morgan fingerprint density at radius 3 is 2.50 bits per heavy atom. The van der Waals surface area contributed by atoms with Crippen molar-refractivity contribution in [3.8, 4) is 0 Å². The van der Waals surface area contributed by atoms with Gasteiger partial charge in [0.1, 0.15) is 0 Å². The largest absolute Gasteiger partial charge is 0.465 e. The van der Waals surface area contributed by atoms with Gasteiger partial charge in [0.2, 0.25) is 5.91 Å². The molecule has 0 bridgehead atoms. The Kier molecular flexibility index (Phi) is 6.86. The fraction of sp³-hybridized carbons (Fsp3) is 0.667. The van der Waals surface area contributed by atoms with Crippen LogP contribution in [0.15, 0.2) is 0 Å². The van der Waals surface area contributed by atoms with Gasteiger partial charge in [0.05, 0.1) is 13.2 Å². The highest BCUT2D eigenvalue weighted by molar-refractivity contribution is 5.93. The van der Waals surface area contributed by atoms with Gasteiger partial charge in [-0.2, -0.15) is 0 Å². The molecule has 0 aromatic rings. The number of likely N-dealkylation sites (N-methyl/N-ethyl adjacent to an activating group) is 1. The third kappa shape index (κ3) is 7.74. The minimum atomic E-state index is -0.877. The summed E-state index contributed by atoms with van der Waals surface area (Å²) in [6, 6.07) is -0.877. The number of nitrogens with zero attached hydrogens (tertiary/aromatic N) is 1. The molecule has 0 saturated carbocycles. The minimum Gasteiger partial charge on any atom is -0.465 e. The molecule has 0 spiro atoms. The average Bonchev–Trinajstić information content (AvgIpc) is 2.14. The molecule has 0 saturated heterocycles. The summed E-state index contributed by atoms with van der Waals surface area (Å²) < 4.78 is 4.73. The summed E-state index contributed by atoms with van der Waals surface area (Å²) in [4.78, 5) is 34.0. The van der Waals surface area contributed by atoms with Crippen LogP contribution in [0, 0.1) is 0 Å². The number of hydrogen-bond donors (Lipinski definition) is 2. The Morgan fingerprint density at radius 1 is 1.38 bits per heavy atom. The number of nitrogens with two attached hydrogens (primary N) is 1. The lowest BCUT2D eigenvalue weighted by molar-refractivity contribution is -0.144. The first kappa shape index (κ1) is 14.4. The lowest BCUT2D eigenvalue weighted by Crippen LogP contribution is -2.37. The van der Waals surface area contributed by atoms with Crippen molar-refractivity contribution in [1.82, 2.24) is 10.2 Å². The summed E-state index contributed by atoms with van der Waals surface area (Å²) in [7, 11) is 1.68. The van der Waals surface area contributed by atoms with Gasteiger partial charge < -0.3 is 10.5 Å². The zero-order valence-corrected chi connectivity index (χ0v) is 9.49. The van der Waals surface area contributed by atoms with Crippen LogP contribution in [0.3, 0.4) is 0 Å². The zero-order valence-electron chi connectivity index (χ0n) is 9.49. The first-order chi connectivity index (χ1) is 7.45. The van der Waals surface area contributed by atoms with Crippen molar-refractivity contribution in [3.05, 3.63) is 0 Å². The van der Waals surface area contributed by atoms with Gasteiger partial charge in [-0.25, -0.2) is 4.79 Å². The van der Waals surface area contributed by atoms with Crippen LogP contribution in [-0.2, 0) is 14.3 Å². The lowest BCUT2D eigenvalue weighted by Gasteiger charge is -2.14. The van der Waals surface area contributed by atoms with Gasteiger partial charge in [0.25, 0.3) is 0 Å². The maximum atomic E-state index is 11.0. The number of primary amides is 1. The number of hydrogen-bond acceptors (Lipinski definition) is 5. The van der Waals surface area contributed by atoms with E-state index in [1.54, 1.807) is 18.9 Å². The number of esters is 1. The molecule has 0 aliphatic carbocycles. The van der Waals surface area contributed by atoms with E-state index >= 15 is 0 Å². The number of carbonyl (C=O) groups excluding carboxylic acids is 3.